The molecule has 107 valence electrons. The topological polar surface area (TPSA) is 155 Å². The molecule has 0 rings (SSSR count). The maximum absolute atomic E-state index is 9.00. The average Bonchev–Trinajstić information content (AvgIpc) is 1.76. The Morgan fingerprint density at radius 2 is 0.722 bits per heavy atom. The van der Waals surface area contributed by atoms with Crippen LogP contribution < -0.4 is 10.2 Å². The van der Waals surface area contributed by atoms with Crippen molar-refractivity contribution in [1.29, 1.82) is 0 Å². The number of hydrogen-bond donors (Lipinski definition) is 2. The molecule has 1 radical (unpaired) electrons. The van der Waals surface area contributed by atoms with Crippen LogP contribution in [0.5, 0.6) is 0 Å². The summed E-state index contributed by atoms with van der Waals surface area (Å²) in [5, 5.41) is 32.6. The molecule has 2 N–H and O–H groups in total. The molecule has 8 nitrogen and oxygen atoms in total. The second-order valence-corrected chi connectivity index (χ2v) is 2.02. The molecule has 0 saturated heterocycles. The predicted molar refractivity (Wildman–Crippen MR) is 53.7 cm³/mol. The van der Waals surface area contributed by atoms with Crippen LogP contribution in [-0.4, -0.2) is 71.8 Å². The Balaban J connectivity index is -0.0000000257. The van der Waals surface area contributed by atoms with E-state index in [2.05, 4.69) is 0 Å². The summed E-state index contributed by atoms with van der Waals surface area (Å²) in [4.78, 5) is 35.8. The van der Waals surface area contributed by atoms with Gasteiger partial charge in [-0.3, -0.25) is 9.59 Å². The summed E-state index contributed by atoms with van der Waals surface area (Å²) >= 11 is 0. The fourth-order valence-electron chi connectivity index (χ4n) is 0. The Labute approximate surface area is 145 Å². The maximum atomic E-state index is 9.00. The Hall–Kier alpha value is -0.341. The fraction of sp³-hybridized carbons (Fsp3) is 0.500. The second kappa shape index (κ2) is 30.1. The number of carboxylic acids is 4. The molecule has 0 heterocycles. The normalized spacial score (nSPS) is 5.56. The summed E-state index contributed by atoms with van der Waals surface area (Å²) in [6.07, 6.45) is 0. The Bertz CT molecular complexity index is 167. The van der Waals surface area contributed by atoms with Crippen LogP contribution in [0.25, 0.3) is 0 Å². The van der Waals surface area contributed by atoms with Crippen LogP contribution in [0.4, 0.5) is 0 Å². The smallest absolute Gasteiger partial charge is 0.550 e. The molecule has 0 atom stereocenters. The zero-order valence-electron chi connectivity index (χ0n) is 10.4. The summed E-state index contributed by atoms with van der Waals surface area (Å²) in [7, 11) is 0. The molecule has 0 aromatic rings. The number of rotatable bonds is 0. The van der Waals surface area contributed by atoms with Crippen molar-refractivity contribution >= 4 is 61.6 Å². The summed E-state index contributed by atoms with van der Waals surface area (Å²) in [5.74, 6) is -3.83. The van der Waals surface area contributed by atoms with Crippen LogP contribution in [0.1, 0.15) is 27.7 Å². The Morgan fingerprint density at radius 3 is 0.722 bits per heavy atom. The molecule has 0 unspecified atom stereocenters. The van der Waals surface area contributed by atoms with Gasteiger partial charge in [-0.05, 0) is 13.8 Å². The molecular formula is C8H14CaCuO8. The summed E-state index contributed by atoms with van der Waals surface area (Å²) in [6.45, 7) is 4.11. The number of carboxylic acid groups (broad SMARTS) is 4. The predicted octanol–water partition coefficient (Wildman–Crippen LogP) is -2.69. The molecule has 0 spiro atoms. The summed E-state index contributed by atoms with van der Waals surface area (Å²) in [5.41, 5.74) is 0. The minimum absolute atomic E-state index is 0. The van der Waals surface area contributed by atoms with E-state index in [1.54, 1.807) is 0 Å². The van der Waals surface area contributed by atoms with E-state index in [9.17, 15) is 0 Å². The minimum Gasteiger partial charge on any atom is -0.550 e. The quantitative estimate of drug-likeness (QED) is 0.451. The van der Waals surface area contributed by atoms with E-state index in [1.165, 1.54) is 0 Å². The zero-order chi connectivity index (χ0) is 14.3. The first-order chi connectivity index (χ1) is 6.93. The van der Waals surface area contributed by atoms with Gasteiger partial charge < -0.3 is 30.0 Å². The van der Waals surface area contributed by atoms with Crippen molar-refractivity contribution in [2.75, 3.05) is 0 Å². The van der Waals surface area contributed by atoms with Gasteiger partial charge in [-0.15, -0.1) is 0 Å². The molecule has 0 aromatic heterocycles. The standard InChI is InChI=1S/4C2H4O2.Ca.Cu/c4*1-2(3)4;;/h4*1H3,(H,3,4);;/q;;;;+2;/p-2. The van der Waals surface area contributed by atoms with E-state index >= 15 is 0 Å². The molecule has 10 heteroatoms. The van der Waals surface area contributed by atoms with Gasteiger partial charge in [0, 0.05) is 42.9 Å². The monoisotopic (exact) mass is 341 g/mol. The first kappa shape index (κ1) is 36.1. The number of hydrogen-bond acceptors (Lipinski definition) is 6. The van der Waals surface area contributed by atoms with Gasteiger partial charge in [0.25, 0.3) is 11.9 Å². The third kappa shape index (κ3) is 29000. The largest absolute Gasteiger partial charge is 2.00 e. The third-order valence-electron chi connectivity index (χ3n) is 0. The SMILES string of the molecule is CC(=O)O.CC(=O)O.CC(=O)[O-].CC(=O)[O-].[Ca+2].[Cu]. The van der Waals surface area contributed by atoms with Gasteiger partial charge in [0.2, 0.25) is 0 Å². The number of carbonyl (C=O) groups is 4. The van der Waals surface area contributed by atoms with Crippen molar-refractivity contribution in [3.05, 3.63) is 0 Å². The van der Waals surface area contributed by atoms with Gasteiger partial charge in [0.1, 0.15) is 0 Å². The van der Waals surface area contributed by atoms with Gasteiger partial charge in [-0.1, -0.05) is 0 Å². The van der Waals surface area contributed by atoms with E-state index in [4.69, 9.17) is 39.6 Å². The van der Waals surface area contributed by atoms with E-state index in [0.717, 1.165) is 27.7 Å². The first-order valence-electron chi connectivity index (χ1n) is 3.67. The molecule has 0 amide bonds. The van der Waals surface area contributed by atoms with Crippen LogP contribution in [0, 0.1) is 0 Å². The summed E-state index contributed by atoms with van der Waals surface area (Å²) < 4.78 is 0. The van der Waals surface area contributed by atoms with E-state index in [1.807, 2.05) is 0 Å². The van der Waals surface area contributed by atoms with Crippen molar-refractivity contribution < 1.29 is 56.7 Å². The van der Waals surface area contributed by atoms with Gasteiger partial charge in [0.15, 0.2) is 0 Å². The van der Waals surface area contributed by atoms with Gasteiger partial charge >= 0.3 is 37.7 Å². The van der Waals surface area contributed by atoms with Crippen LogP contribution in [-0.2, 0) is 36.2 Å². The number of carbonyl (C=O) groups excluding carboxylic acids is 2. The molecule has 0 aliphatic rings. The average molecular weight is 342 g/mol. The Morgan fingerprint density at radius 1 is 0.722 bits per heavy atom. The molecule has 18 heavy (non-hydrogen) atoms. The maximum Gasteiger partial charge on any atom is 2.00 e. The molecule has 0 bridgehead atoms. The fourth-order valence-corrected chi connectivity index (χ4v) is 0. The van der Waals surface area contributed by atoms with E-state index in [0.29, 0.717) is 0 Å². The molecule has 0 fully saturated rings. The van der Waals surface area contributed by atoms with Crippen molar-refractivity contribution in [2.24, 2.45) is 0 Å². The summed E-state index contributed by atoms with van der Waals surface area (Å²) in [6, 6.07) is 0. The van der Waals surface area contributed by atoms with Crippen LogP contribution in [0.15, 0.2) is 0 Å². The van der Waals surface area contributed by atoms with Gasteiger partial charge in [-0.2, -0.15) is 0 Å². The Kier molecular flexibility index (Phi) is 60.2. The second-order valence-electron chi connectivity index (χ2n) is 2.02. The zero-order valence-corrected chi connectivity index (χ0v) is 13.5. The number of aliphatic carboxylic acids is 4. The van der Waals surface area contributed by atoms with Crippen molar-refractivity contribution in [2.45, 2.75) is 27.7 Å². The minimum atomic E-state index is -1.08. The van der Waals surface area contributed by atoms with Crippen LogP contribution in [0.3, 0.4) is 0 Å². The van der Waals surface area contributed by atoms with Crippen LogP contribution in [0.2, 0.25) is 0 Å². The molecule has 0 saturated carbocycles. The molecule has 0 aliphatic heterocycles. The van der Waals surface area contributed by atoms with E-state index in [-0.39, 0.29) is 54.8 Å². The third-order valence-corrected chi connectivity index (χ3v) is 0. The molecular weight excluding hydrogens is 328 g/mol. The molecule has 0 aromatic carbocycles. The van der Waals surface area contributed by atoms with Crippen LogP contribution >= 0.6 is 0 Å². The first-order valence-corrected chi connectivity index (χ1v) is 3.67. The van der Waals surface area contributed by atoms with Gasteiger partial charge in [0.05, 0.1) is 0 Å². The van der Waals surface area contributed by atoms with Crippen molar-refractivity contribution in [1.82, 2.24) is 0 Å². The van der Waals surface area contributed by atoms with Crippen molar-refractivity contribution in [3.8, 4) is 0 Å². The van der Waals surface area contributed by atoms with Crippen molar-refractivity contribution in [3.63, 3.8) is 0 Å². The van der Waals surface area contributed by atoms with Gasteiger partial charge in [-0.25, -0.2) is 0 Å². The molecule has 0 aliphatic carbocycles. The van der Waals surface area contributed by atoms with E-state index < -0.39 is 23.9 Å².